The van der Waals surface area contributed by atoms with E-state index in [1.54, 1.807) is 6.20 Å². The molecule has 0 aliphatic rings. The van der Waals surface area contributed by atoms with Gasteiger partial charge in [0.2, 0.25) is 5.95 Å². The van der Waals surface area contributed by atoms with Gasteiger partial charge in [0.05, 0.1) is 23.3 Å². The fourth-order valence-electron chi connectivity index (χ4n) is 1.24. The van der Waals surface area contributed by atoms with Gasteiger partial charge in [-0.1, -0.05) is 0 Å². The summed E-state index contributed by atoms with van der Waals surface area (Å²) in [5.41, 5.74) is 2.59. The largest absolute Gasteiger partial charge is 0.320 e. The summed E-state index contributed by atoms with van der Waals surface area (Å²) in [7, 11) is 0. The lowest BCUT2D eigenvalue weighted by Gasteiger charge is -2.02. The van der Waals surface area contributed by atoms with Crippen LogP contribution in [0.25, 0.3) is 0 Å². The van der Waals surface area contributed by atoms with Crippen LogP contribution in [0, 0.1) is 13.8 Å². The van der Waals surface area contributed by atoms with Crippen LogP contribution in [0.4, 0.5) is 11.6 Å². The van der Waals surface area contributed by atoms with E-state index in [2.05, 4.69) is 25.6 Å². The van der Waals surface area contributed by atoms with Crippen molar-refractivity contribution >= 4 is 11.6 Å². The van der Waals surface area contributed by atoms with Crippen LogP contribution < -0.4 is 5.32 Å². The molecule has 6 nitrogen and oxygen atoms in total. The highest BCUT2D eigenvalue weighted by Crippen LogP contribution is 2.11. The molecule has 2 rings (SSSR count). The molecule has 0 aliphatic heterocycles. The van der Waals surface area contributed by atoms with Crippen LogP contribution in [0.2, 0.25) is 0 Å². The Morgan fingerprint density at radius 2 is 2.06 bits per heavy atom. The normalized spacial score (nSPS) is 10.4. The van der Waals surface area contributed by atoms with Crippen molar-refractivity contribution in [3.05, 3.63) is 23.8 Å². The van der Waals surface area contributed by atoms with Crippen molar-refractivity contribution in [2.75, 3.05) is 5.32 Å². The number of anilines is 2. The highest BCUT2D eigenvalue weighted by atomic mass is 15.3. The lowest BCUT2D eigenvalue weighted by atomic mass is 10.4. The Morgan fingerprint density at radius 1 is 1.25 bits per heavy atom. The van der Waals surface area contributed by atoms with Gasteiger partial charge in [0.15, 0.2) is 0 Å². The molecule has 16 heavy (non-hydrogen) atoms. The molecule has 0 aliphatic carbocycles. The smallest absolute Gasteiger partial charge is 0.247 e. The molecule has 0 saturated heterocycles. The Morgan fingerprint density at radius 3 is 2.69 bits per heavy atom. The molecule has 0 fully saturated rings. The van der Waals surface area contributed by atoms with Crippen molar-refractivity contribution < 1.29 is 0 Å². The molecule has 6 heteroatoms. The number of rotatable bonds is 3. The van der Waals surface area contributed by atoms with E-state index in [1.807, 2.05) is 31.6 Å². The average Bonchev–Trinajstić information content (AvgIpc) is 2.71. The number of nitrogens with one attached hydrogen (secondary N) is 1. The third-order valence-corrected chi connectivity index (χ3v) is 2.31. The van der Waals surface area contributed by atoms with Gasteiger partial charge >= 0.3 is 0 Å². The maximum Gasteiger partial charge on any atom is 0.247 e. The van der Waals surface area contributed by atoms with Crippen LogP contribution in [-0.2, 0) is 6.54 Å². The van der Waals surface area contributed by atoms with Gasteiger partial charge in [-0.25, -0.2) is 4.98 Å². The third kappa shape index (κ3) is 2.16. The first-order valence-corrected chi connectivity index (χ1v) is 5.16. The second-order valence-corrected chi connectivity index (χ2v) is 3.52. The number of hydrogen-bond acceptors (Lipinski definition) is 5. The molecule has 0 unspecified atom stereocenters. The number of aryl methyl sites for hydroxylation is 3. The van der Waals surface area contributed by atoms with Crippen molar-refractivity contribution in [3.8, 4) is 0 Å². The molecule has 0 atom stereocenters. The number of aromatic nitrogens is 5. The van der Waals surface area contributed by atoms with E-state index in [0.29, 0.717) is 5.95 Å². The van der Waals surface area contributed by atoms with Crippen LogP contribution in [0.3, 0.4) is 0 Å². The third-order valence-electron chi connectivity index (χ3n) is 2.31. The number of hydrogen-bond donors (Lipinski definition) is 1. The summed E-state index contributed by atoms with van der Waals surface area (Å²) in [5.74, 6) is 0.499. The van der Waals surface area contributed by atoms with Crippen LogP contribution in [0.5, 0.6) is 0 Å². The van der Waals surface area contributed by atoms with Gasteiger partial charge in [0.1, 0.15) is 0 Å². The van der Waals surface area contributed by atoms with Crippen LogP contribution >= 0.6 is 0 Å². The molecule has 0 bridgehead atoms. The van der Waals surface area contributed by atoms with Gasteiger partial charge in [0.25, 0.3) is 0 Å². The van der Waals surface area contributed by atoms with Crippen molar-refractivity contribution in [3.63, 3.8) is 0 Å². The predicted octanol–water partition coefficient (Wildman–Crippen LogP) is 1.45. The Balaban J connectivity index is 2.17. The lowest BCUT2D eigenvalue weighted by Crippen LogP contribution is -2.02. The molecule has 0 aromatic carbocycles. The average molecular weight is 218 g/mol. The highest BCUT2D eigenvalue weighted by molar-refractivity contribution is 5.49. The molecular formula is C10H14N6. The summed E-state index contributed by atoms with van der Waals surface area (Å²) in [6, 6.07) is 0. The molecule has 0 radical (unpaired) electrons. The van der Waals surface area contributed by atoms with Crippen LogP contribution in [-0.4, -0.2) is 25.0 Å². The summed E-state index contributed by atoms with van der Waals surface area (Å²) in [6.07, 6.45) is 3.64. The van der Waals surface area contributed by atoms with Gasteiger partial charge in [-0.3, -0.25) is 4.68 Å². The van der Waals surface area contributed by atoms with Crippen LogP contribution in [0.15, 0.2) is 12.4 Å². The fourth-order valence-corrected chi connectivity index (χ4v) is 1.24. The van der Waals surface area contributed by atoms with E-state index in [-0.39, 0.29) is 0 Å². The first-order valence-electron chi connectivity index (χ1n) is 5.16. The molecular weight excluding hydrogens is 204 g/mol. The standard InChI is InChI=1S/C10H14N6/c1-4-16-6-9(5-11-16)13-10-12-7(2)8(3)14-15-10/h5-6H,4H2,1-3H3,(H,12,13,15). The SMILES string of the molecule is CCn1cc(Nc2nnc(C)c(C)n2)cn1. The van der Waals surface area contributed by atoms with E-state index in [0.717, 1.165) is 23.6 Å². The summed E-state index contributed by atoms with van der Waals surface area (Å²) >= 11 is 0. The second kappa shape index (κ2) is 4.26. The first-order chi connectivity index (χ1) is 7.69. The number of nitrogens with zero attached hydrogens (tertiary/aromatic N) is 5. The summed E-state index contributed by atoms with van der Waals surface area (Å²) in [5, 5.41) is 15.2. The van der Waals surface area contributed by atoms with Crippen molar-refractivity contribution in [1.82, 2.24) is 25.0 Å². The molecule has 1 N–H and O–H groups in total. The van der Waals surface area contributed by atoms with Crippen molar-refractivity contribution in [2.45, 2.75) is 27.3 Å². The Kier molecular flexibility index (Phi) is 2.80. The van der Waals surface area contributed by atoms with Gasteiger partial charge in [0, 0.05) is 12.7 Å². The van der Waals surface area contributed by atoms with Gasteiger partial charge < -0.3 is 5.32 Å². The minimum Gasteiger partial charge on any atom is -0.320 e. The van der Waals surface area contributed by atoms with Gasteiger partial charge in [-0.15, -0.1) is 5.10 Å². The lowest BCUT2D eigenvalue weighted by molar-refractivity contribution is 0.660. The minimum atomic E-state index is 0.499. The first kappa shape index (κ1) is 10.5. The summed E-state index contributed by atoms with van der Waals surface area (Å²) in [6.45, 7) is 6.66. The quantitative estimate of drug-likeness (QED) is 0.844. The molecule has 2 aromatic heterocycles. The zero-order valence-corrected chi connectivity index (χ0v) is 9.60. The second-order valence-electron chi connectivity index (χ2n) is 3.52. The zero-order valence-electron chi connectivity index (χ0n) is 9.60. The van der Waals surface area contributed by atoms with E-state index < -0.39 is 0 Å². The zero-order chi connectivity index (χ0) is 11.5. The van der Waals surface area contributed by atoms with E-state index in [1.165, 1.54) is 0 Å². The molecule has 2 aromatic rings. The van der Waals surface area contributed by atoms with E-state index in [4.69, 9.17) is 0 Å². The highest BCUT2D eigenvalue weighted by Gasteiger charge is 2.03. The molecule has 84 valence electrons. The van der Waals surface area contributed by atoms with E-state index >= 15 is 0 Å². The van der Waals surface area contributed by atoms with Crippen LogP contribution in [0.1, 0.15) is 18.3 Å². The van der Waals surface area contributed by atoms with E-state index in [9.17, 15) is 0 Å². The Hall–Kier alpha value is -1.98. The summed E-state index contributed by atoms with van der Waals surface area (Å²) in [4.78, 5) is 4.28. The van der Waals surface area contributed by atoms with Crippen molar-refractivity contribution in [1.29, 1.82) is 0 Å². The molecule has 0 saturated carbocycles. The fraction of sp³-hybridized carbons (Fsp3) is 0.400. The van der Waals surface area contributed by atoms with Gasteiger partial charge in [-0.05, 0) is 20.8 Å². The van der Waals surface area contributed by atoms with Gasteiger partial charge in [-0.2, -0.15) is 10.2 Å². The minimum absolute atomic E-state index is 0.499. The maximum atomic E-state index is 4.28. The van der Waals surface area contributed by atoms with Crippen molar-refractivity contribution in [2.24, 2.45) is 0 Å². The Bertz CT molecular complexity index is 490. The molecule has 2 heterocycles. The summed E-state index contributed by atoms with van der Waals surface area (Å²) < 4.78 is 1.83. The molecule has 0 amide bonds. The predicted molar refractivity (Wildman–Crippen MR) is 60.5 cm³/mol. The maximum absolute atomic E-state index is 4.28. The Labute approximate surface area is 93.7 Å². The monoisotopic (exact) mass is 218 g/mol. The topological polar surface area (TPSA) is 68.5 Å². The molecule has 0 spiro atoms.